The summed E-state index contributed by atoms with van der Waals surface area (Å²) in [6.45, 7) is 11.2. The van der Waals surface area contributed by atoms with Crippen molar-refractivity contribution in [2.45, 2.75) is 53.0 Å². The molecule has 150 valence electrons. The van der Waals surface area contributed by atoms with Crippen LogP contribution < -0.4 is 5.32 Å². The molecule has 0 unspecified atom stereocenters. The first-order chi connectivity index (χ1) is 13.4. The molecule has 28 heavy (non-hydrogen) atoms. The summed E-state index contributed by atoms with van der Waals surface area (Å²) in [5, 5.41) is 3.23. The fourth-order valence-corrected chi connectivity index (χ4v) is 3.58. The number of rotatable bonds is 7. The van der Waals surface area contributed by atoms with E-state index in [0.717, 1.165) is 51.6 Å². The number of methoxy groups -OCH3 is 1. The van der Waals surface area contributed by atoms with E-state index >= 15 is 0 Å². The van der Waals surface area contributed by atoms with Gasteiger partial charge >= 0.3 is 0 Å². The van der Waals surface area contributed by atoms with Crippen LogP contribution in [0.3, 0.4) is 0 Å². The molecular formula is C22H31N5O. The highest BCUT2D eigenvalue weighted by Crippen LogP contribution is 2.32. The van der Waals surface area contributed by atoms with Crippen LogP contribution in [0, 0.1) is 13.8 Å². The van der Waals surface area contributed by atoms with Gasteiger partial charge in [-0.1, -0.05) is 20.8 Å². The van der Waals surface area contributed by atoms with Crippen LogP contribution in [0.25, 0.3) is 22.4 Å². The predicted octanol–water partition coefficient (Wildman–Crippen LogP) is 4.87. The van der Waals surface area contributed by atoms with E-state index in [1.165, 1.54) is 0 Å². The van der Waals surface area contributed by atoms with Gasteiger partial charge in [-0.2, -0.15) is 0 Å². The van der Waals surface area contributed by atoms with E-state index < -0.39 is 0 Å². The van der Waals surface area contributed by atoms with Gasteiger partial charge in [0, 0.05) is 31.6 Å². The monoisotopic (exact) mass is 381 g/mol. The predicted molar refractivity (Wildman–Crippen MR) is 115 cm³/mol. The van der Waals surface area contributed by atoms with E-state index in [4.69, 9.17) is 19.7 Å². The normalized spacial score (nSPS) is 12.7. The number of hydrogen-bond acceptors (Lipinski definition) is 5. The van der Waals surface area contributed by atoms with Gasteiger partial charge in [0.25, 0.3) is 0 Å². The van der Waals surface area contributed by atoms with Crippen LogP contribution in [0.15, 0.2) is 18.3 Å². The number of pyridine rings is 1. The van der Waals surface area contributed by atoms with Gasteiger partial charge in [-0.3, -0.25) is 0 Å². The third-order valence-electron chi connectivity index (χ3n) is 5.23. The average Bonchev–Trinajstić information content (AvgIpc) is 3.00. The van der Waals surface area contributed by atoms with Gasteiger partial charge in [0.15, 0.2) is 5.65 Å². The summed E-state index contributed by atoms with van der Waals surface area (Å²) in [6.07, 6.45) is 3.12. The van der Waals surface area contributed by atoms with Crippen molar-refractivity contribution in [1.82, 2.24) is 19.5 Å². The van der Waals surface area contributed by atoms with Gasteiger partial charge in [0.2, 0.25) is 0 Å². The molecule has 0 fully saturated rings. The first-order valence-corrected chi connectivity index (χ1v) is 9.94. The molecule has 0 radical (unpaired) electrons. The fraction of sp³-hybridized carbons (Fsp3) is 0.500. The zero-order valence-corrected chi connectivity index (χ0v) is 18.0. The number of nitrogens with one attached hydrogen (secondary N) is 1. The zero-order valence-electron chi connectivity index (χ0n) is 18.0. The van der Waals surface area contributed by atoms with Crippen LogP contribution >= 0.6 is 0 Å². The van der Waals surface area contributed by atoms with Crippen molar-refractivity contribution in [2.24, 2.45) is 0 Å². The second-order valence-electron chi connectivity index (χ2n) is 7.60. The van der Waals surface area contributed by atoms with Crippen molar-refractivity contribution in [1.29, 1.82) is 0 Å². The molecule has 3 rings (SSSR count). The highest BCUT2D eigenvalue weighted by atomic mass is 16.5. The van der Waals surface area contributed by atoms with Crippen LogP contribution in [0.5, 0.6) is 0 Å². The highest BCUT2D eigenvalue weighted by Gasteiger charge is 2.20. The van der Waals surface area contributed by atoms with Crippen molar-refractivity contribution in [3.05, 3.63) is 35.3 Å². The molecule has 0 saturated carbocycles. The first kappa shape index (κ1) is 20.3. The van der Waals surface area contributed by atoms with Gasteiger partial charge in [0.05, 0.1) is 24.0 Å². The molecule has 0 aromatic carbocycles. The van der Waals surface area contributed by atoms with E-state index in [1.807, 2.05) is 14.0 Å². The minimum absolute atomic E-state index is 0.251. The SMILES string of the molecule is CC[C@@H](COC)n1cc(C)c2nc(-c3ccc(C(C)C)nc3NC)c(C)nc21. The molecule has 3 heterocycles. The summed E-state index contributed by atoms with van der Waals surface area (Å²) in [4.78, 5) is 14.7. The number of fused-ring (bicyclic) bond motifs is 1. The molecule has 0 bridgehead atoms. The standard InChI is InChI=1S/C22H31N5O/c1-8-16(12-28-7)27-11-14(4)19-22(27)24-15(5)20(26-19)17-9-10-18(13(2)3)25-21(17)23-6/h9-11,13,16H,8,12H2,1-7H3,(H,23,25)/t16-/m0/s1. The van der Waals surface area contributed by atoms with Crippen molar-refractivity contribution in [2.75, 3.05) is 26.1 Å². The Hall–Kier alpha value is -2.47. The van der Waals surface area contributed by atoms with Crippen molar-refractivity contribution < 1.29 is 4.74 Å². The van der Waals surface area contributed by atoms with E-state index in [2.05, 4.69) is 55.9 Å². The second-order valence-corrected chi connectivity index (χ2v) is 7.60. The van der Waals surface area contributed by atoms with E-state index in [9.17, 15) is 0 Å². The van der Waals surface area contributed by atoms with Crippen LogP contribution in [-0.2, 0) is 4.74 Å². The largest absolute Gasteiger partial charge is 0.383 e. The Balaban J connectivity index is 2.17. The second kappa shape index (κ2) is 8.27. The maximum atomic E-state index is 5.41. The lowest BCUT2D eigenvalue weighted by atomic mass is 10.1. The Morgan fingerprint density at radius 3 is 2.50 bits per heavy atom. The molecule has 6 nitrogen and oxygen atoms in total. The maximum Gasteiger partial charge on any atom is 0.159 e. The molecule has 1 N–H and O–H groups in total. The Labute approximate surface area is 167 Å². The third kappa shape index (κ3) is 3.61. The highest BCUT2D eigenvalue weighted by molar-refractivity contribution is 5.82. The summed E-state index contributed by atoms with van der Waals surface area (Å²) in [5.74, 6) is 1.21. The maximum absolute atomic E-state index is 5.41. The van der Waals surface area contributed by atoms with Gasteiger partial charge < -0.3 is 14.6 Å². The molecule has 0 saturated heterocycles. The Morgan fingerprint density at radius 1 is 1.14 bits per heavy atom. The lowest BCUT2D eigenvalue weighted by Gasteiger charge is -2.17. The third-order valence-corrected chi connectivity index (χ3v) is 5.23. The zero-order chi connectivity index (χ0) is 20.4. The summed E-state index contributed by atoms with van der Waals surface area (Å²) in [5.41, 5.74) is 6.79. The number of anilines is 1. The first-order valence-electron chi connectivity index (χ1n) is 9.94. The summed E-state index contributed by atoms with van der Waals surface area (Å²) in [6, 6.07) is 4.43. The smallest absolute Gasteiger partial charge is 0.159 e. The number of ether oxygens (including phenoxy) is 1. The number of nitrogens with zero attached hydrogens (tertiary/aromatic N) is 4. The minimum atomic E-state index is 0.251. The Kier molecular flexibility index (Phi) is 5.98. The molecule has 0 aliphatic heterocycles. The topological polar surface area (TPSA) is 64.9 Å². The van der Waals surface area contributed by atoms with Gasteiger partial charge in [0.1, 0.15) is 11.3 Å². The molecule has 0 aliphatic carbocycles. The molecule has 3 aromatic rings. The van der Waals surface area contributed by atoms with Gasteiger partial charge in [-0.15, -0.1) is 0 Å². The van der Waals surface area contributed by atoms with Gasteiger partial charge in [-0.25, -0.2) is 15.0 Å². The van der Waals surface area contributed by atoms with Crippen LogP contribution in [0.4, 0.5) is 5.82 Å². The van der Waals surface area contributed by atoms with Crippen LogP contribution in [-0.4, -0.2) is 40.3 Å². The molecule has 3 aromatic heterocycles. The Morgan fingerprint density at radius 2 is 1.89 bits per heavy atom. The minimum Gasteiger partial charge on any atom is -0.383 e. The van der Waals surface area contributed by atoms with Gasteiger partial charge in [-0.05, 0) is 43.9 Å². The Bertz CT molecular complexity index is 977. The molecule has 0 spiro atoms. The number of aromatic nitrogens is 4. The van der Waals surface area contributed by atoms with E-state index in [0.29, 0.717) is 12.5 Å². The van der Waals surface area contributed by atoms with Crippen molar-refractivity contribution >= 4 is 17.0 Å². The molecule has 6 heteroatoms. The quantitative estimate of drug-likeness (QED) is 0.632. The van der Waals surface area contributed by atoms with E-state index in [-0.39, 0.29) is 6.04 Å². The van der Waals surface area contributed by atoms with Crippen molar-refractivity contribution in [3.63, 3.8) is 0 Å². The van der Waals surface area contributed by atoms with E-state index in [1.54, 1.807) is 7.11 Å². The number of hydrogen-bond donors (Lipinski definition) is 1. The molecule has 0 aliphatic rings. The lowest BCUT2D eigenvalue weighted by molar-refractivity contribution is 0.154. The van der Waals surface area contributed by atoms with Crippen molar-refractivity contribution in [3.8, 4) is 11.3 Å². The molecule has 1 atom stereocenters. The molecule has 0 amide bonds. The van der Waals surface area contributed by atoms with Crippen LogP contribution in [0.1, 0.15) is 56.1 Å². The summed E-state index contributed by atoms with van der Waals surface area (Å²) < 4.78 is 7.61. The van der Waals surface area contributed by atoms with Crippen LogP contribution in [0.2, 0.25) is 0 Å². The average molecular weight is 382 g/mol. The number of aryl methyl sites for hydroxylation is 2. The lowest BCUT2D eigenvalue weighted by Crippen LogP contribution is -2.13. The summed E-state index contributed by atoms with van der Waals surface area (Å²) in [7, 11) is 3.64. The summed E-state index contributed by atoms with van der Waals surface area (Å²) >= 11 is 0. The fourth-order valence-electron chi connectivity index (χ4n) is 3.58. The molecular weight excluding hydrogens is 350 g/mol.